The number of nitrogens with zero attached hydrogens (tertiary/aromatic N) is 3. The SMILES string of the molecule is Cc1cc2c(cc1N1c3cc4c(cc3B3c5c(cc(N(c6ccccc6)c6ccccc6)cc51)-c1cccc5c1N3c1ccccc1C5(C)C)Oc1ccccc1O4)C(C)(C)CCC2(C)C. The first-order valence-electron chi connectivity index (χ1n) is 23.6. The molecule has 1 aliphatic carbocycles. The predicted octanol–water partition coefficient (Wildman–Crippen LogP) is 15.1. The second kappa shape index (κ2) is 13.7. The Morgan fingerprint density at radius 2 is 1.06 bits per heavy atom. The Morgan fingerprint density at radius 3 is 1.74 bits per heavy atom. The molecule has 0 spiro atoms. The van der Waals surface area contributed by atoms with Crippen LogP contribution in [0.25, 0.3) is 11.1 Å². The molecule has 0 bridgehead atoms. The summed E-state index contributed by atoms with van der Waals surface area (Å²) in [6.07, 6.45) is 2.29. The molecule has 8 aromatic rings. The zero-order chi connectivity index (χ0) is 44.9. The minimum absolute atomic E-state index is 0.00329. The number of rotatable bonds is 4. The number of hydrogen-bond donors (Lipinski definition) is 0. The van der Waals surface area contributed by atoms with E-state index in [0.717, 1.165) is 58.5 Å². The van der Waals surface area contributed by atoms with Gasteiger partial charge in [-0.05, 0) is 142 Å². The largest absolute Gasteiger partial charge is 0.450 e. The van der Waals surface area contributed by atoms with Crippen molar-refractivity contribution in [1.82, 2.24) is 0 Å². The highest BCUT2D eigenvalue weighted by atomic mass is 16.6. The summed E-state index contributed by atoms with van der Waals surface area (Å²) in [5, 5.41) is 0. The molecule has 4 heterocycles. The van der Waals surface area contributed by atoms with Crippen LogP contribution in [-0.4, -0.2) is 6.85 Å². The van der Waals surface area contributed by atoms with Crippen molar-refractivity contribution in [2.75, 3.05) is 14.6 Å². The molecule has 322 valence electrons. The van der Waals surface area contributed by atoms with E-state index in [1.165, 1.54) is 66.9 Å². The molecule has 5 aliphatic rings. The Balaban J connectivity index is 1.18. The highest BCUT2D eigenvalue weighted by Gasteiger charge is 2.51. The first-order chi connectivity index (χ1) is 31.9. The number of ether oxygens (including phenoxy) is 2. The van der Waals surface area contributed by atoms with Gasteiger partial charge in [-0.25, -0.2) is 0 Å². The molecule has 5 nitrogen and oxygen atoms in total. The molecule has 0 saturated carbocycles. The summed E-state index contributed by atoms with van der Waals surface area (Å²) in [6.45, 7) is 16.6. The van der Waals surface area contributed by atoms with Gasteiger partial charge in [0.15, 0.2) is 23.0 Å². The van der Waals surface area contributed by atoms with Crippen molar-refractivity contribution in [1.29, 1.82) is 0 Å². The number of aryl methyl sites for hydroxylation is 1. The Bertz CT molecular complexity index is 3300. The maximum atomic E-state index is 6.83. The molecule has 13 rings (SSSR count). The van der Waals surface area contributed by atoms with Crippen LogP contribution < -0.4 is 35.0 Å². The van der Waals surface area contributed by atoms with Crippen LogP contribution in [0.4, 0.5) is 45.5 Å². The summed E-state index contributed by atoms with van der Waals surface area (Å²) in [6, 6.07) is 60.2. The molecule has 0 saturated heterocycles. The maximum absolute atomic E-state index is 6.83. The van der Waals surface area contributed by atoms with Gasteiger partial charge in [-0.1, -0.05) is 133 Å². The fraction of sp³-hybridized carbons (Fsp3) is 0.200. The van der Waals surface area contributed by atoms with Crippen molar-refractivity contribution in [2.45, 2.75) is 77.6 Å². The van der Waals surface area contributed by atoms with Crippen LogP contribution in [0, 0.1) is 6.92 Å². The molecule has 0 unspecified atom stereocenters. The zero-order valence-corrected chi connectivity index (χ0v) is 38.7. The van der Waals surface area contributed by atoms with Crippen LogP contribution in [0.2, 0.25) is 0 Å². The quantitative estimate of drug-likeness (QED) is 0.164. The first-order valence-corrected chi connectivity index (χ1v) is 23.6. The minimum atomic E-state index is -0.239. The summed E-state index contributed by atoms with van der Waals surface area (Å²) < 4.78 is 13.7. The molecule has 0 fully saturated rings. The van der Waals surface area contributed by atoms with Crippen LogP contribution in [0.1, 0.15) is 82.2 Å². The van der Waals surface area contributed by atoms with Gasteiger partial charge in [0.05, 0.1) is 0 Å². The second-order valence-corrected chi connectivity index (χ2v) is 20.8. The number of fused-ring (bicyclic) bond motifs is 9. The number of benzene rings is 8. The number of anilines is 8. The molecule has 0 amide bonds. The molecular formula is C60H52BN3O2. The topological polar surface area (TPSA) is 28.2 Å². The second-order valence-electron chi connectivity index (χ2n) is 20.8. The molecular weight excluding hydrogens is 805 g/mol. The van der Waals surface area contributed by atoms with Crippen LogP contribution in [0.5, 0.6) is 23.0 Å². The number of hydrogen-bond acceptors (Lipinski definition) is 5. The lowest BCUT2D eigenvalue weighted by Crippen LogP contribution is -2.63. The van der Waals surface area contributed by atoms with Gasteiger partial charge in [-0.15, -0.1) is 0 Å². The van der Waals surface area contributed by atoms with E-state index >= 15 is 0 Å². The van der Waals surface area contributed by atoms with Gasteiger partial charge in [-0.3, -0.25) is 0 Å². The lowest BCUT2D eigenvalue weighted by molar-refractivity contribution is 0.332. The van der Waals surface area contributed by atoms with E-state index in [4.69, 9.17) is 9.47 Å². The molecule has 8 aromatic carbocycles. The zero-order valence-electron chi connectivity index (χ0n) is 38.7. The molecule has 0 radical (unpaired) electrons. The average Bonchev–Trinajstić information content (AvgIpc) is 3.32. The van der Waals surface area contributed by atoms with E-state index in [-0.39, 0.29) is 23.1 Å². The van der Waals surface area contributed by atoms with Crippen molar-refractivity contribution < 1.29 is 9.47 Å². The van der Waals surface area contributed by atoms with Gasteiger partial charge in [-0.2, -0.15) is 0 Å². The lowest BCUT2D eigenvalue weighted by Gasteiger charge is -2.51. The van der Waals surface area contributed by atoms with E-state index in [1.807, 2.05) is 24.3 Å². The van der Waals surface area contributed by atoms with Gasteiger partial charge in [0, 0.05) is 62.5 Å². The Kier molecular flexibility index (Phi) is 8.13. The molecule has 4 aliphatic heterocycles. The van der Waals surface area contributed by atoms with Gasteiger partial charge in [0.25, 0.3) is 0 Å². The molecule has 6 heteroatoms. The van der Waals surface area contributed by atoms with E-state index < -0.39 is 0 Å². The van der Waals surface area contributed by atoms with E-state index in [9.17, 15) is 0 Å². The summed E-state index contributed by atoms with van der Waals surface area (Å²) >= 11 is 0. The normalized spacial score (nSPS) is 16.8. The smallest absolute Gasteiger partial charge is 0.333 e. The molecule has 0 aromatic heterocycles. The number of para-hydroxylation sites is 6. The summed E-state index contributed by atoms with van der Waals surface area (Å²) in [5.41, 5.74) is 20.8. The lowest BCUT2D eigenvalue weighted by atomic mass is 9.42. The van der Waals surface area contributed by atoms with E-state index in [1.54, 1.807) is 0 Å². The fourth-order valence-electron chi connectivity index (χ4n) is 12.1. The molecule has 66 heavy (non-hydrogen) atoms. The van der Waals surface area contributed by atoms with Crippen molar-refractivity contribution >= 4 is 63.3 Å². The highest BCUT2D eigenvalue weighted by Crippen LogP contribution is 2.59. The average molecular weight is 858 g/mol. The Labute approximate surface area is 389 Å². The predicted molar refractivity (Wildman–Crippen MR) is 274 cm³/mol. The highest BCUT2D eigenvalue weighted by molar-refractivity contribution is 6.93. The standard InChI is InChI=1S/C60H52BN3O2/c1-37-31-45-46(59(4,5)30-29-58(45,2)3)34-49(37)63-50-36-55-54(65-52-27-16-17-28-53(52)66-55)35-47(50)61-56-42(41-23-18-25-44-57(41)64(61)48-26-15-14-24-43(48)60(44,6)7)32-40(33-51(56)63)62(38-19-10-8-11-20-38)39-21-12-9-13-22-39/h8-28,31-36H,29-30H2,1-7H3. The Hall–Kier alpha value is -7.18. The molecule has 0 N–H and O–H groups in total. The minimum Gasteiger partial charge on any atom is -0.450 e. The van der Waals surface area contributed by atoms with Crippen molar-refractivity contribution in [3.05, 3.63) is 192 Å². The van der Waals surface area contributed by atoms with E-state index in [2.05, 4.69) is 203 Å². The van der Waals surface area contributed by atoms with Crippen LogP contribution >= 0.6 is 0 Å². The first kappa shape index (κ1) is 39.2. The van der Waals surface area contributed by atoms with Gasteiger partial charge in [0.1, 0.15) is 0 Å². The van der Waals surface area contributed by atoms with Gasteiger partial charge < -0.3 is 24.1 Å². The van der Waals surface area contributed by atoms with Crippen LogP contribution in [-0.2, 0) is 16.2 Å². The summed E-state index contributed by atoms with van der Waals surface area (Å²) in [4.78, 5) is 7.66. The summed E-state index contributed by atoms with van der Waals surface area (Å²) in [5.74, 6) is 2.88. The van der Waals surface area contributed by atoms with Gasteiger partial charge in [0.2, 0.25) is 0 Å². The van der Waals surface area contributed by atoms with Crippen molar-refractivity contribution in [2.24, 2.45) is 0 Å². The monoisotopic (exact) mass is 857 g/mol. The maximum Gasteiger partial charge on any atom is 0.333 e. The fourth-order valence-corrected chi connectivity index (χ4v) is 12.1. The Morgan fingerprint density at radius 1 is 0.470 bits per heavy atom. The van der Waals surface area contributed by atoms with Crippen LogP contribution in [0.15, 0.2) is 164 Å². The van der Waals surface area contributed by atoms with Crippen molar-refractivity contribution in [3.63, 3.8) is 0 Å². The molecule has 0 atom stereocenters. The van der Waals surface area contributed by atoms with Crippen LogP contribution in [0.3, 0.4) is 0 Å². The third-order valence-corrected chi connectivity index (χ3v) is 15.6. The third kappa shape index (κ3) is 5.48. The van der Waals surface area contributed by atoms with E-state index in [0.29, 0.717) is 5.75 Å². The van der Waals surface area contributed by atoms with Gasteiger partial charge >= 0.3 is 6.85 Å². The third-order valence-electron chi connectivity index (χ3n) is 15.6. The van der Waals surface area contributed by atoms with Crippen molar-refractivity contribution in [3.8, 4) is 34.1 Å². The summed E-state index contributed by atoms with van der Waals surface area (Å²) in [7, 11) is 0.